The zero-order valence-corrected chi connectivity index (χ0v) is 25.9. The van der Waals surface area contributed by atoms with Gasteiger partial charge in [0.1, 0.15) is 0 Å². The number of hydrogen-bond acceptors (Lipinski definition) is 10. The molecule has 3 aliphatic rings. The normalized spacial score (nSPS) is 23.8. The molecule has 4 heterocycles. The molecule has 0 bridgehead atoms. The van der Waals surface area contributed by atoms with Crippen molar-refractivity contribution in [1.82, 2.24) is 44.5 Å². The summed E-state index contributed by atoms with van der Waals surface area (Å²) in [5.74, 6) is 0.516. The predicted molar refractivity (Wildman–Crippen MR) is 162 cm³/mol. The summed E-state index contributed by atoms with van der Waals surface area (Å²) in [5, 5.41) is 14.3. The summed E-state index contributed by atoms with van der Waals surface area (Å²) in [5.41, 5.74) is 7.68. The summed E-state index contributed by atoms with van der Waals surface area (Å²) in [7, 11) is -1.87. The van der Waals surface area contributed by atoms with Gasteiger partial charge >= 0.3 is 6.55 Å². The summed E-state index contributed by atoms with van der Waals surface area (Å²) in [6.45, 7) is -2.47. The van der Waals surface area contributed by atoms with E-state index in [0.717, 1.165) is 29.8 Å². The number of aromatic nitrogens is 6. The maximum absolute atomic E-state index is 13.4. The van der Waals surface area contributed by atoms with E-state index in [1.165, 1.54) is 30.9 Å². The zero-order chi connectivity index (χ0) is 32.6. The van der Waals surface area contributed by atoms with E-state index in [9.17, 15) is 26.0 Å². The molecule has 6 rings (SSSR count). The van der Waals surface area contributed by atoms with Crippen molar-refractivity contribution in [3.8, 4) is 11.4 Å². The van der Waals surface area contributed by atoms with Gasteiger partial charge in [0.05, 0.1) is 41.1 Å². The maximum atomic E-state index is 13.4. The lowest BCUT2D eigenvalue weighted by Gasteiger charge is -2.36. The minimum Gasteiger partial charge on any atom is -0.382 e. The van der Waals surface area contributed by atoms with Crippen LogP contribution in [-0.4, -0.2) is 80.1 Å². The summed E-state index contributed by atoms with van der Waals surface area (Å²) in [6, 6.07) is 3.14. The van der Waals surface area contributed by atoms with Gasteiger partial charge in [-0.3, -0.25) is 0 Å². The van der Waals surface area contributed by atoms with Gasteiger partial charge < -0.3 is 21.3 Å². The Morgan fingerprint density at radius 1 is 1.15 bits per heavy atom. The van der Waals surface area contributed by atoms with Gasteiger partial charge in [-0.25, -0.2) is 31.8 Å². The van der Waals surface area contributed by atoms with E-state index in [4.69, 9.17) is 5.73 Å². The number of nitrogens with one attached hydrogen (secondary N) is 2. The third kappa shape index (κ3) is 6.95. The number of dihydropyridines is 1. The Morgan fingerprint density at radius 2 is 1.91 bits per heavy atom. The highest BCUT2D eigenvalue weighted by Crippen LogP contribution is 2.33. The Bertz CT molecular complexity index is 1710. The van der Waals surface area contributed by atoms with Crippen LogP contribution < -0.4 is 16.4 Å². The number of nitrogens with zero attached hydrogens (tertiary/aromatic N) is 7. The van der Waals surface area contributed by atoms with E-state index >= 15 is 0 Å². The van der Waals surface area contributed by atoms with Crippen molar-refractivity contribution < 1.29 is 26.0 Å². The van der Waals surface area contributed by atoms with Crippen molar-refractivity contribution in [3.63, 3.8) is 0 Å². The molecule has 248 valence electrons. The minimum atomic E-state index is -3.57. The summed E-state index contributed by atoms with van der Waals surface area (Å²) < 4.78 is 79.1. The highest BCUT2D eigenvalue weighted by molar-refractivity contribution is 7.90. The Balaban J connectivity index is 1.24. The number of halogens is 4. The highest BCUT2D eigenvalue weighted by atomic mass is 32.2. The lowest BCUT2D eigenvalue weighted by molar-refractivity contribution is 0.0565. The number of nitrogens with two attached hydrogens (primary N) is 1. The highest BCUT2D eigenvalue weighted by Gasteiger charge is 2.38. The van der Waals surface area contributed by atoms with Crippen LogP contribution in [0.5, 0.6) is 0 Å². The van der Waals surface area contributed by atoms with Gasteiger partial charge in [0.25, 0.3) is 16.4 Å². The van der Waals surface area contributed by atoms with Gasteiger partial charge in [-0.15, -0.1) is 0 Å². The third-order valence-electron chi connectivity index (χ3n) is 8.53. The number of rotatable bonds is 12. The second-order valence-corrected chi connectivity index (χ2v) is 14.2. The van der Waals surface area contributed by atoms with Crippen molar-refractivity contribution in [2.24, 2.45) is 11.7 Å². The molecular formula is C29H36F4N10O2S. The molecule has 2 aliphatic carbocycles. The topological polar surface area (TPSA) is 149 Å². The summed E-state index contributed by atoms with van der Waals surface area (Å²) >= 11 is 0. The van der Waals surface area contributed by atoms with Gasteiger partial charge in [0, 0.05) is 42.5 Å². The molecule has 2 saturated carbocycles. The smallest absolute Gasteiger partial charge is 0.333 e. The third-order valence-corrected chi connectivity index (χ3v) is 10.6. The predicted octanol–water partition coefficient (Wildman–Crippen LogP) is 3.26. The Labute approximate surface area is 263 Å². The molecule has 0 amide bonds. The molecule has 1 aliphatic heterocycles. The van der Waals surface area contributed by atoms with E-state index in [1.807, 2.05) is 0 Å². The first kappa shape index (κ1) is 32.1. The lowest BCUT2D eigenvalue weighted by Crippen LogP contribution is -2.50. The van der Waals surface area contributed by atoms with Crippen LogP contribution in [0.4, 0.5) is 17.6 Å². The van der Waals surface area contributed by atoms with Gasteiger partial charge in [-0.2, -0.15) is 23.1 Å². The van der Waals surface area contributed by atoms with Crippen LogP contribution in [0, 0.1) is 5.92 Å². The molecule has 4 N–H and O–H groups in total. The quantitative estimate of drug-likeness (QED) is 0.247. The largest absolute Gasteiger partial charge is 0.382 e. The van der Waals surface area contributed by atoms with Crippen molar-refractivity contribution >= 4 is 15.6 Å². The second-order valence-electron chi connectivity index (χ2n) is 12.2. The standard InChI is InChI=1S/C29H36F4N10O2S/c1-41(17-26(30)31)15-18-2-4-20(5-3-18)38-24-12-29(34,36-14-22(24)23-9-11-42(40-23)28(32)33)25-8-10-35-27(39-25)19-13-37-43(16-19)46(44,45)21-6-7-21/h8-14,16,18,20-21,26,28,36,38H,2-7,15,17,34H2,1H3. The molecule has 17 heteroatoms. The van der Waals surface area contributed by atoms with Gasteiger partial charge in [-0.05, 0) is 69.7 Å². The van der Waals surface area contributed by atoms with Crippen molar-refractivity contribution in [2.75, 3.05) is 20.1 Å². The van der Waals surface area contributed by atoms with Gasteiger partial charge in [-0.1, -0.05) is 0 Å². The van der Waals surface area contributed by atoms with Crippen LogP contribution in [0.25, 0.3) is 17.0 Å². The molecule has 3 aromatic rings. The van der Waals surface area contributed by atoms with Crippen molar-refractivity contribution in [3.05, 3.63) is 66.3 Å². The van der Waals surface area contributed by atoms with E-state index in [2.05, 4.69) is 30.8 Å². The van der Waals surface area contributed by atoms with E-state index in [-0.39, 0.29) is 24.3 Å². The first-order chi connectivity index (χ1) is 21.9. The average molecular weight is 665 g/mol. The molecule has 46 heavy (non-hydrogen) atoms. The fraction of sp³-hybridized carbons (Fsp3) is 0.517. The van der Waals surface area contributed by atoms with Crippen LogP contribution in [0.15, 0.2) is 54.9 Å². The van der Waals surface area contributed by atoms with Crippen LogP contribution in [0.3, 0.4) is 0 Å². The zero-order valence-electron chi connectivity index (χ0n) is 25.1. The molecule has 1 atom stereocenters. The number of allylic oxidation sites excluding steroid dienone is 1. The minimum absolute atomic E-state index is 0.0195. The molecule has 3 aromatic heterocycles. The molecular weight excluding hydrogens is 628 g/mol. The van der Waals surface area contributed by atoms with Crippen LogP contribution in [0.1, 0.15) is 56.5 Å². The first-order valence-electron chi connectivity index (χ1n) is 15.1. The molecule has 1 unspecified atom stereocenters. The van der Waals surface area contributed by atoms with Crippen molar-refractivity contribution in [2.45, 2.75) is 68.5 Å². The van der Waals surface area contributed by atoms with Crippen LogP contribution >= 0.6 is 0 Å². The van der Waals surface area contributed by atoms with E-state index in [0.29, 0.717) is 52.3 Å². The van der Waals surface area contributed by atoms with Crippen LogP contribution in [0.2, 0.25) is 0 Å². The number of hydrogen-bond donors (Lipinski definition) is 3. The van der Waals surface area contributed by atoms with Crippen LogP contribution in [-0.2, 0) is 15.7 Å². The molecule has 0 spiro atoms. The fourth-order valence-electron chi connectivity index (χ4n) is 5.95. The molecule has 12 nitrogen and oxygen atoms in total. The molecule has 0 aromatic carbocycles. The van der Waals surface area contributed by atoms with Crippen molar-refractivity contribution in [1.29, 1.82) is 0 Å². The average Bonchev–Trinajstić information content (AvgIpc) is 3.55. The molecule has 0 saturated heterocycles. The van der Waals surface area contributed by atoms with Gasteiger partial charge in [0.15, 0.2) is 11.5 Å². The van der Waals surface area contributed by atoms with E-state index < -0.39 is 33.9 Å². The monoisotopic (exact) mass is 664 g/mol. The Hall–Kier alpha value is -3.83. The molecule has 0 radical (unpaired) electrons. The van der Waals surface area contributed by atoms with Gasteiger partial charge in [0.2, 0.25) is 0 Å². The second kappa shape index (κ2) is 12.8. The Morgan fingerprint density at radius 3 is 2.59 bits per heavy atom. The number of alkyl halides is 4. The molecule has 2 fully saturated rings. The van der Waals surface area contributed by atoms with E-state index in [1.54, 1.807) is 30.3 Å². The first-order valence-corrected chi connectivity index (χ1v) is 16.6. The lowest BCUT2D eigenvalue weighted by atomic mass is 9.85. The summed E-state index contributed by atoms with van der Waals surface area (Å²) in [6.07, 6.45) is 10.9. The SMILES string of the molecule is CN(CC(F)F)CC1CCC(NC2=CC(N)(c3ccnc(-c4cnn(S(=O)(=O)C5CC5)c4)n3)NC=C2c2ccn(C(F)F)n2)CC1. The maximum Gasteiger partial charge on any atom is 0.333 e. The summed E-state index contributed by atoms with van der Waals surface area (Å²) in [4.78, 5) is 10.6. The Kier molecular flexibility index (Phi) is 8.91. The fourth-order valence-corrected chi connectivity index (χ4v) is 7.43.